The van der Waals surface area contributed by atoms with E-state index < -0.39 is 11.2 Å². The van der Waals surface area contributed by atoms with Gasteiger partial charge in [0.1, 0.15) is 5.25 Å². The quantitative estimate of drug-likeness (QED) is 0.575. The Morgan fingerprint density at radius 3 is 2.28 bits per heavy atom. The molecule has 0 unspecified atom stereocenters. The number of thioether (sulfide) groups is 1. The smallest absolute Gasteiger partial charge is 0.305 e. The highest BCUT2D eigenvalue weighted by molar-refractivity contribution is 8.00. The van der Waals surface area contributed by atoms with E-state index >= 15 is 0 Å². The number of nitrogens with zero attached hydrogens (tertiary/aromatic N) is 2. The molecule has 2 amide bonds. The molecule has 8 heteroatoms. The molecule has 164 valence electrons. The lowest BCUT2D eigenvalue weighted by molar-refractivity contribution is -0.122. The van der Waals surface area contributed by atoms with E-state index in [4.69, 9.17) is 0 Å². The van der Waals surface area contributed by atoms with Crippen molar-refractivity contribution in [3.63, 3.8) is 0 Å². The highest BCUT2D eigenvalue weighted by Gasteiger charge is 2.56. The molecule has 1 aromatic heterocycles. The molecule has 5 rings (SSSR count). The maximum absolute atomic E-state index is 13.6. The zero-order chi connectivity index (χ0) is 22.4. The first-order valence-electron chi connectivity index (χ1n) is 10.7. The first kappa shape index (κ1) is 21.0. The molecule has 0 saturated carbocycles. The molecule has 2 aliphatic rings. The van der Waals surface area contributed by atoms with Gasteiger partial charge in [-0.1, -0.05) is 53.4 Å². The third-order valence-electron chi connectivity index (χ3n) is 6.22. The lowest BCUT2D eigenvalue weighted by atomic mass is 9.83. The molecule has 0 bridgehead atoms. The topological polar surface area (TPSA) is 73.5 Å². The van der Waals surface area contributed by atoms with Crippen molar-refractivity contribution in [2.45, 2.75) is 30.0 Å². The molecule has 1 fully saturated rings. The number of carbonyl (C=O) groups excluding carboxylic acids is 2. The summed E-state index contributed by atoms with van der Waals surface area (Å²) in [7, 11) is 0. The molecule has 3 aromatic rings. The van der Waals surface area contributed by atoms with Gasteiger partial charge in [-0.15, -0.1) is 0 Å². The van der Waals surface area contributed by atoms with Crippen LogP contribution in [0.3, 0.4) is 0 Å². The minimum atomic E-state index is -0.562. The van der Waals surface area contributed by atoms with Crippen molar-refractivity contribution in [1.29, 1.82) is 0 Å². The highest BCUT2D eigenvalue weighted by Crippen LogP contribution is 2.53. The van der Waals surface area contributed by atoms with Crippen molar-refractivity contribution >= 4 is 46.3 Å². The van der Waals surface area contributed by atoms with E-state index in [2.05, 4.69) is 35.9 Å². The molecule has 0 radical (unpaired) electrons. The number of nitrogens with one attached hydrogen (secondary N) is 1. The molecule has 1 N–H and O–H groups in total. The number of amides is 2. The van der Waals surface area contributed by atoms with Crippen molar-refractivity contribution in [3.05, 3.63) is 74.7 Å². The number of thiazole rings is 1. The number of para-hydroxylation sites is 1. The monoisotopic (exact) mass is 465 g/mol. The second-order valence-corrected chi connectivity index (χ2v) is 10.0. The Kier molecular flexibility index (Phi) is 5.43. The fourth-order valence-corrected chi connectivity index (χ4v) is 7.20. The predicted octanol–water partition coefficient (Wildman–Crippen LogP) is 4.08. The molecule has 3 atom stereocenters. The molecule has 1 saturated heterocycles. The first-order chi connectivity index (χ1) is 15.5. The summed E-state index contributed by atoms with van der Waals surface area (Å²) in [5.74, 6) is -1.32. The van der Waals surface area contributed by atoms with Crippen LogP contribution in [0.25, 0.3) is 0 Å². The Morgan fingerprint density at radius 1 is 0.938 bits per heavy atom. The summed E-state index contributed by atoms with van der Waals surface area (Å²) in [6, 6.07) is 17.2. The van der Waals surface area contributed by atoms with Crippen molar-refractivity contribution in [1.82, 2.24) is 4.98 Å². The van der Waals surface area contributed by atoms with E-state index in [1.807, 2.05) is 30.3 Å². The van der Waals surface area contributed by atoms with Crippen LogP contribution >= 0.6 is 23.1 Å². The molecule has 3 heterocycles. The summed E-state index contributed by atoms with van der Waals surface area (Å²) in [5.41, 5.74) is 2.65. The van der Waals surface area contributed by atoms with Crippen LogP contribution in [0.2, 0.25) is 0 Å². The van der Waals surface area contributed by atoms with Crippen LogP contribution in [-0.4, -0.2) is 35.1 Å². The van der Waals surface area contributed by atoms with Crippen LogP contribution in [0.5, 0.6) is 0 Å². The van der Waals surface area contributed by atoms with E-state index in [1.165, 1.54) is 16.7 Å². The number of hydrogen-bond acceptors (Lipinski definition) is 6. The predicted molar refractivity (Wildman–Crippen MR) is 129 cm³/mol. The van der Waals surface area contributed by atoms with Gasteiger partial charge in [0.25, 0.3) is 0 Å². The molecule has 2 aromatic carbocycles. The zero-order valence-corrected chi connectivity index (χ0v) is 19.4. The van der Waals surface area contributed by atoms with Gasteiger partial charge in [0.2, 0.25) is 11.8 Å². The van der Waals surface area contributed by atoms with Crippen LogP contribution in [0.15, 0.2) is 64.4 Å². The average Bonchev–Trinajstić information content (AvgIpc) is 3.30. The van der Waals surface area contributed by atoms with Crippen LogP contribution in [0.1, 0.15) is 30.2 Å². The molecule has 2 aliphatic heterocycles. The second kappa shape index (κ2) is 8.26. The van der Waals surface area contributed by atoms with Gasteiger partial charge >= 0.3 is 4.87 Å². The maximum atomic E-state index is 13.6. The minimum Gasteiger partial charge on any atom is -0.372 e. The Bertz CT molecular complexity index is 1220. The van der Waals surface area contributed by atoms with E-state index in [0.29, 0.717) is 10.7 Å². The van der Waals surface area contributed by atoms with Gasteiger partial charge in [-0.2, -0.15) is 0 Å². The van der Waals surface area contributed by atoms with Crippen molar-refractivity contribution in [3.8, 4) is 0 Å². The van der Waals surface area contributed by atoms with E-state index in [1.54, 1.807) is 12.1 Å². The number of hydrogen-bond donors (Lipinski definition) is 1. The van der Waals surface area contributed by atoms with Gasteiger partial charge in [0.15, 0.2) is 0 Å². The Hall–Kier alpha value is -2.84. The largest absolute Gasteiger partial charge is 0.372 e. The summed E-state index contributed by atoms with van der Waals surface area (Å²) in [6.07, 6.45) is 0. The molecular formula is C24H23N3O3S2. The SMILES string of the molecule is CCN(CC)c1ccc([C@@H]2c3sc(=O)[nH]c3S[C@H]3C(=O)N(c4ccccc4)C(=O)[C@@H]23)cc1. The number of benzene rings is 2. The fourth-order valence-electron chi connectivity index (χ4n) is 4.69. The number of aromatic amines is 1. The third kappa shape index (κ3) is 3.29. The Labute approximate surface area is 194 Å². The number of rotatable bonds is 5. The van der Waals surface area contributed by atoms with Crippen LogP contribution in [-0.2, 0) is 9.59 Å². The number of imide groups is 1. The van der Waals surface area contributed by atoms with Crippen LogP contribution in [0.4, 0.5) is 11.4 Å². The lowest BCUT2D eigenvalue weighted by Gasteiger charge is -2.30. The van der Waals surface area contributed by atoms with Gasteiger partial charge in [0, 0.05) is 29.6 Å². The van der Waals surface area contributed by atoms with Gasteiger partial charge in [-0.3, -0.25) is 14.4 Å². The Balaban J connectivity index is 1.59. The molecule has 0 spiro atoms. The van der Waals surface area contributed by atoms with Gasteiger partial charge in [0.05, 0.1) is 16.6 Å². The summed E-state index contributed by atoms with van der Waals surface area (Å²) in [4.78, 5) is 46.3. The van der Waals surface area contributed by atoms with Gasteiger partial charge in [-0.05, 0) is 43.7 Å². The van der Waals surface area contributed by atoms with Crippen LogP contribution < -0.4 is 14.7 Å². The highest BCUT2D eigenvalue weighted by atomic mass is 32.2. The van der Waals surface area contributed by atoms with Gasteiger partial charge < -0.3 is 9.88 Å². The molecular weight excluding hydrogens is 442 g/mol. The van der Waals surface area contributed by atoms with Crippen molar-refractivity contribution < 1.29 is 9.59 Å². The zero-order valence-electron chi connectivity index (χ0n) is 17.8. The normalized spacial score (nSPS) is 22.1. The summed E-state index contributed by atoms with van der Waals surface area (Å²) >= 11 is 2.44. The summed E-state index contributed by atoms with van der Waals surface area (Å²) < 4.78 is 0. The number of anilines is 2. The number of carbonyl (C=O) groups is 2. The van der Waals surface area contributed by atoms with E-state index in [9.17, 15) is 14.4 Å². The van der Waals surface area contributed by atoms with E-state index in [-0.39, 0.29) is 22.6 Å². The van der Waals surface area contributed by atoms with Crippen molar-refractivity contribution in [2.24, 2.45) is 5.92 Å². The maximum Gasteiger partial charge on any atom is 0.305 e. The average molecular weight is 466 g/mol. The molecule has 32 heavy (non-hydrogen) atoms. The van der Waals surface area contributed by atoms with Crippen molar-refractivity contribution in [2.75, 3.05) is 22.9 Å². The fraction of sp³-hybridized carbons (Fsp3) is 0.292. The lowest BCUT2D eigenvalue weighted by Crippen LogP contribution is -2.32. The molecule has 6 nitrogen and oxygen atoms in total. The van der Waals surface area contributed by atoms with Gasteiger partial charge in [-0.25, -0.2) is 4.90 Å². The van der Waals surface area contributed by atoms with Crippen LogP contribution in [0, 0.1) is 5.92 Å². The second-order valence-electron chi connectivity index (χ2n) is 7.86. The molecule has 0 aliphatic carbocycles. The summed E-state index contributed by atoms with van der Waals surface area (Å²) in [5, 5.41) is 0.142. The van der Waals surface area contributed by atoms with E-state index in [0.717, 1.165) is 40.6 Å². The number of aromatic nitrogens is 1. The minimum absolute atomic E-state index is 0.160. The first-order valence-corrected chi connectivity index (χ1v) is 12.4. The summed E-state index contributed by atoms with van der Waals surface area (Å²) in [6.45, 7) is 6.04. The number of H-pyrrole nitrogens is 1. The standard InChI is InChI=1S/C24H23N3O3S2/c1-3-26(4-2)15-12-10-14(11-13-15)17-18-20(31-21-19(17)32-24(30)25-21)23(29)27(22(18)28)16-8-6-5-7-9-16/h5-13,17-18,20H,3-4H2,1-2H3,(H,25,30)/t17-,18-,20+/m0/s1. The number of fused-ring (bicyclic) bond motifs is 2. The Morgan fingerprint density at radius 2 is 1.62 bits per heavy atom. The third-order valence-corrected chi connectivity index (χ3v) is 8.62.